The molecule has 0 spiro atoms. The minimum absolute atomic E-state index is 0.205. The minimum atomic E-state index is -0.205. The molecule has 1 aromatic rings. The summed E-state index contributed by atoms with van der Waals surface area (Å²) in [6, 6.07) is 10.4. The molecule has 0 heterocycles. The molecule has 0 aromatic heterocycles. The number of thioether (sulfide) groups is 2. The smallest absolute Gasteiger partial charge is 0.0587 e. The van der Waals surface area contributed by atoms with Crippen LogP contribution in [0.15, 0.2) is 30.3 Å². The number of benzene rings is 1. The van der Waals surface area contributed by atoms with E-state index in [1.54, 1.807) is 0 Å². The van der Waals surface area contributed by atoms with E-state index in [0.29, 0.717) is 10.5 Å². The van der Waals surface area contributed by atoms with Crippen LogP contribution in [0.1, 0.15) is 32.8 Å². The Hall–Kier alpha value is -0.120. The van der Waals surface area contributed by atoms with Crippen molar-refractivity contribution < 1.29 is 5.11 Å². The van der Waals surface area contributed by atoms with Gasteiger partial charge in [-0.3, -0.25) is 0 Å². The van der Waals surface area contributed by atoms with Crippen LogP contribution in [0.3, 0.4) is 0 Å². The fraction of sp³-hybridized carbons (Fsp3) is 0.625. The Morgan fingerprint density at radius 1 is 1.05 bits per heavy atom. The molecule has 1 aromatic carbocycles. The second-order valence-corrected chi connectivity index (χ2v) is 7.87. The minimum Gasteiger partial charge on any atom is -0.393 e. The molecule has 0 aliphatic heterocycles. The highest BCUT2D eigenvalue weighted by Gasteiger charge is 2.23. The molecule has 0 aliphatic rings. The Kier molecular flexibility index (Phi) is 8.67. The zero-order chi connectivity index (χ0) is 14.1. The van der Waals surface area contributed by atoms with Crippen molar-refractivity contribution in [3.63, 3.8) is 0 Å². The Bertz CT molecular complexity index is 323. The van der Waals surface area contributed by atoms with E-state index in [-0.39, 0.29) is 6.10 Å². The highest BCUT2D eigenvalue weighted by Crippen LogP contribution is 2.33. The first-order valence-electron chi connectivity index (χ1n) is 7.14. The van der Waals surface area contributed by atoms with Crippen LogP contribution in [-0.2, 0) is 6.42 Å². The number of rotatable bonds is 9. The first kappa shape index (κ1) is 16.9. The van der Waals surface area contributed by atoms with Crippen molar-refractivity contribution in [3.05, 3.63) is 35.9 Å². The Morgan fingerprint density at radius 3 is 2.16 bits per heavy atom. The van der Waals surface area contributed by atoms with Gasteiger partial charge in [0.05, 0.1) is 10.7 Å². The maximum absolute atomic E-state index is 10.4. The van der Waals surface area contributed by atoms with Crippen molar-refractivity contribution in [1.29, 1.82) is 0 Å². The zero-order valence-electron chi connectivity index (χ0n) is 12.2. The van der Waals surface area contributed by atoms with Crippen LogP contribution in [0.2, 0.25) is 0 Å². The van der Waals surface area contributed by atoms with Crippen molar-refractivity contribution in [2.75, 3.05) is 11.5 Å². The van der Waals surface area contributed by atoms with Crippen LogP contribution < -0.4 is 0 Å². The van der Waals surface area contributed by atoms with Crippen LogP contribution in [0, 0.1) is 5.92 Å². The van der Waals surface area contributed by atoms with Gasteiger partial charge in [-0.1, -0.05) is 51.1 Å². The molecule has 0 aliphatic carbocycles. The summed E-state index contributed by atoms with van der Waals surface area (Å²) in [5.41, 5.74) is 1.32. The van der Waals surface area contributed by atoms with E-state index in [9.17, 15) is 5.11 Å². The van der Waals surface area contributed by atoms with E-state index in [1.165, 1.54) is 5.56 Å². The molecule has 0 unspecified atom stereocenters. The number of hydrogen-bond acceptors (Lipinski definition) is 3. The van der Waals surface area contributed by atoms with Gasteiger partial charge in [0.15, 0.2) is 0 Å². The van der Waals surface area contributed by atoms with Crippen molar-refractivity contribution in [3.8, 4) is 0 Å². The number of aliphatic hydroxyl groups excluding tert-OH is 1. The lowest BCUT2D eigenvalue weighted by Crippen LogP contribution is -2.26. The summed E-state index contributed by atoms with van der Waals surface area (Å²) in [4.78, 5) is 0. The monoisotopic (exact) mass is 298 g/mol. The third-order valence-corrected chi connectivity index (χ3v) is 6.27. The van der Waals surface area contributed by atoms with Crippen molar-refractivity contribution in [2.45, 2.75) is 44.3 Å². The van der Waals surface area contributed by atoms with Gasteiger partial charge in [-0.25, -0.2) is 0 Å². The molecule has 3 heteroatoms. The molecule has 0 saturated heterocycles. The number of aryl methyl sites for hydroxylation is 1. The molecule has 0 saturated carbocycles. The van der Waals surface area contributed by atoms with Crippen LogP contribution in [0.4, 0.5) is 0 Å². The topological polar surface area (TPSA) is 20.2 Å². The van der Waals surface area contributed by atoms with Gasteiger partial charge in [-0.15, -0.1) is 23.5 Å². The standard InChI is InChI=1S/C16H26OS2/c1-4-18-16(19-5-2)13(3)15(17)12-11-14-9-7-6-8-10-14/h6-10,13,15-17H,4-5,11-12H2,1-3H3/t13-,15+/m1/s1. The Morgan fingerprint density at radius 2 is 1.63 bits per heavy atom. The molecule has 0 radical (unpaired) electrons. The summed E-state index contributed by atoms with van der Waals surface area (Å²) in [5, 5.41) is 10.4. The van der Waals surface area contributed by atoms with Crippen molar-refractivity contribution in [1.82, 2.24) is 0 Å². The van der Waals surface area contributed by atoms with Gasteiger partial charge in [0.2, 0.25) is 0 Å². The quantitative estimate of drug-likeness (QED) is 0.680. The summed E-state index contributed by atoms with van der Waals surface area (Å²) in [7, 11) is 0. The predicted octanol–water partition coefficient (Wildman–Crippen LogP) is 4.45. The first-order valence-corrected chi connectivity index (χ1v) is 9.24. The summed E-state index contributed by atoms with van der Waals surface area (Å²) >= 11 is 3.92. The molecule has 1 N–H and O–H groups in total. The molecule has 0 bridgehead atoms. The Labute approximate surface area is 126 Å². The molecule has 0 amide bonds. The summed E-state index contributed by atoms with van der Waals surface area (Å²) < 4.78 is 0.515. The molecule has 108 valence electrons. The average Bonchev–Trinajstić information content (AvgIpc) is 2.45. The van der Waals surface area contributed by atoms with Gasteiger partial charge in [-0.05, 0) is 29.9 Å². The highest BCUT2D eigenvalue weighted by atomic mass is 32.2. The lowest BCUT2D eigenvalue weighted by Gasteiger charge is -2.26. The molecule has 19 heavy (non-hydrogen) atoms. The Balaban J connectivity index is 2.44. The van der Waals surface area contributed by atoms with E-state index in [1.807, 2.05) is 29.6 Å². The highest BCUT2D eigenvalue weighted by molar-refractivity contribution is 8.17. The predicted molar refractivity (Wildman–Crippen MR) is 90.0 cm³/mol. The zero-order valence-corrected chi connectivity index (χ0v) is 13.8. The maximum Gasteiger partial charge on any atom is 0.0587 e. The summed E-state index contributed by atoms with van der Waals surface area (Å²) in [5.74, 6) is 2.58. The van der Waals surface area contributed by atoms with E-state index in [0.717, 1.165) is 24.3 Å². The van der Waals surface area contributed by atoms with E-state index < -0.39 is 0 Å². The third kappa shape index (κ3) is 6.24. The van der Waals surface area contributed by atoms with Gasteiger partial charge >= 0.3 is 0 Å². The van der Waals surface area contributed by atoms with Gasteiger partial charge in [0, 0.05) is 5.92 Å². The number of aliphatic hydroxyl groups is 1. The van der Waals surface area contributed by atoms with Gasteiger partial charge in [0.1, 0.15) is 0 Å². The summed E-state index contributed by atoms with van der Waals surface area (Å²) in [6.45, 7) is 6.57. The van der Waals surface area contributed by atoms with E-state index >= 15 is 0 Å². The van der Waals surface area contributed by atoms with E-state index in [2.05, 4.69) is 45.0 Å². The van der Waals surface area contributed by atoms with Gasteiger partial charge in [-0.2, -0.15) is 0 Å². The van der Waals surface area contributed by atoms with E-state index in [4.69, 9.17) is 0 Å². The van der Waals surface area contributed by atoms with Crippen molar-refractivity contribution >= 4 is 23.5 Å². The van der Waals surface area contributed by atoms with Crippen LogP contribution in [0.5, 0.6) is 0 Å². The van der Waals surface area contributed by atoms with Crippen LogP contribution in [-0.4, -0.2) is 27.3 Å². The SMILES string of the molecule is CCSC(SCC)[C@H](C)[C@@H](O)CCc1ccccc1. The molecular formula is C16H26OS2. The summed E-state index contributed by atoms with van der Waals surface area (Å²) in [6.07, 6.45) is 1.62. The lowest BCUT2D eigenvalue weighted by molar-refractivity contribution is 0.115. The second kappa shape index (κ2) is 9.73. The fourth-order valence-corrected chi connectivity index (χ4v) is 4.91. The third-order valence-electron chi connectivity index (χ3n) is 3.27. The van der Waals surface area contributed by atoms with Crippen LogP contribution >= 0.6 is 23.5 Å². The lowest BCUT2D eigenvalue weighted by atomic mass is 9.99. The molecule has 1 rings (SSSR count). The normalized spacial score (nSPS) is 14.6. The second-order valence-electron chi connectivity index (χ2n) is 4.73. The molecule has 1 nitrogen and oxygen atoms in total. The van der Waals surface area contributed by atoms with Gasteiger partial charge < -0.3 is 5.11 Å². The average molecular weight is 299 g/mol. The molecule has 2 atom stereocenters. The fourth-order valence-electron chi connectivity index (χ4n) is 2.08. The molecular weight excluding hydrogens is 272 g/mol. The van der Waals surface area contributed by atoms with Crippen molar-refractivity contribution in [2.24, 2.45) is 5.92 Å². The first-order chi connectivity index (χ1) is 9.19. The largest absolute Gasteiger partial charge is 0.393 e. The number of hydrogen-bond donors (Lipinski definition) is 1. The van der Waals surface area contributed by atoms with Gasteiger partial charge in [0.25, 0.3) is 0 Å². The molecule has 0 fully saturated rings. The maximum atomic E-state index is 10.4. The van der Waals surface area contributed by atoms with Crippen LogP contribution in [0.25, 0.3) is 0 Å².